The Kier molecular flexibility index (Phi) is 5.41. The van der Waals surface area contributed by atoms with Crippen molar-refractivity contribution < 1.29 is 20.4 Å². The van der Waals surface area contributed by atoms with Gasteiger partial charge in [0.25, 0.3) is 0 Å². The second-order valence-electron chi connectivity index (χ2n) is 3.30. The van der Waals surface area contributed by atoms with Gasteiger partial charge in [-0.3, -0.25) is 0 Å². The van der Waals surface area contributed by atoms with Gasteiger partial charge in [0.05, 0.1) is 12.2 Å². The van der Waals surface area contributed by atoms with E-state index >= 15 is 0 Å². The van der Waals surface area contributed by atoms with Crippen molar-refractivity contribution in [2.75, 3.05) is 13.2 Å². The molecule has 0 aliphatic rings. The predicted octanol–water partition coefficient (Wildman–Crippen LogP) is -1.04. The second kappa shape index (κ2) is 5.48. The first-order valence-corrected chi connectivity index (χ1v) is 4.12. The standard InChI is InChI=1S/C8H18O4/c1-5(3-9)7(11)8(12)6(2)4-10/h5-12H,3-4H2,1-2H3/t5-,6-,7-,8-/m0/s1. The minimum Gasteiger partial charge on any atom is -0.396 e. The summed E-state index contributed by atoms with van der Waals surface area (Å²) in [5.41, 5.74) is 0. The molecular formula is C8H18O4. The highest BCUT2D eigenvalue weighted by Gasteiger charge is 2.26. The molecule has 0 saturated carbocycles. The van der Waals surface area contributed by atoms with E-state index in [2.05, 4.69) is 0 Å². The molecule has 0 aromatic carbocycles. The van der Waals surface area contributed by atoms with Gasteiger partial charge in [-0.1, -0.05) is 13.8 Å². The third-order valence-electron chi connectivity index (χ3n) is 2.09. The molecule has 0 bridgehead atoms. The molecule has 0 spiro atoms. The molecule has 0 rings (SSSR count). The maximum atomic E-state index is 9.37. The van der Waals surface area contributed by atoms with Crippen molar-refractivity contribution in [3.63, 3.8) is 0 Å². The Balaban J connectivity index is 3.99. The van der Waals surface area contributed by atoms with Crippen LogP contribution in [0.1, 0.15) is 13.8 Å². The molecule has 0 aliphatic carbocycles. The van der Waals surface area contributed by atoms with Gasteiger partial charge in [0, 0.05) is 25.0 Å². The second-order valence-corrected chi connectivity index (χ2v) is 3.30. The minimum absolute atomic E-state index is 0.170. The predicted molar refractivity (Wildman–Crippen MR) is 44.5 cm³/mol. The van der Waals surface area contributed by atoms with Crippen LogP contribution in [0, 0.1) is 11.8 Å². The van der Waals surface area contributed by atoms with Gasteiger partial charge in [-0.25, -0.2) is 0 Å². The van der Waals surface area contributed by atoms with Gasteiger partial charge in [0.15, 0.2) is 0 Å². The lowest BCUT2D eigenvalue weighted by Gasteiger charge is -2.25. The normalized spacial score (nSPS) is 21.5. The molecule has 12 heavy (non-hydrogen) atoms. The molecule has 74 valence electrons. The third-order valence-corrected chi connectivity index (χ3v) is 2.09. The van der Waals surface area contributed by atoms with E-state index in [0.717, 1.165) is 0 Å². The van der Waals surface area contributed by atoms with E-state index in [1.165, 1.54) is 0 Å². The summed E-state index contributed by atoms with van der Waals surface area (Å²) in [7, 11) is 0. The molecule has 0 aromatic rings. The molecule has 0 aliphatic heterocycles. The molecule has 0 aromatic heterocycles. The number of aliphatic hydroxyl groups excluding tert-OH is 4. The van der Waals surface area contributed by atoms with Crippen molar-refractivity contribution in [1.29, 1.82) is 0 Å². The Bertz CT molecular complexity index is 104. The molecule has 4 nitrogen and oxygen atoms in total. The maximum Gasteiger partial charge on any atom is 0.0849 e. The molecule has 0 saturated heterocycles. The van der Waals surface area contributed by atoms with Crippen molar-refractivity contribution >= 4 is 0 Å². The summed E-state index contributed by atoms with van der Waals surface area (Å²) in [6.07, 6.45) is -1.95. The summed E-state index contributed by atoms with van der Waals surface area (Å²) < 4.78 is 0. The largest absolute Gasteiger partial charge is 0.396 e. The SMILES string of the molecule is C[C@@H](CO)[C@H](O)[C@@H](O)[C@@H](C)CO. The highest BCUT2D eigenvalue weighted by molar-refractivity contribution is 4.76. The van der Waals surface area contributed by atoms with E-state index in [0.29, 0.717) is 0 Å². The van der Waals surface area contributed by atoms with E-state index in [4.69, 9.17) is 10.2 Å². The Morgan fingerprint density at radius 3 is 1.25 bits per heavy atom. The first kappa shape index (κ1) is 11.8. The molecule has 4 N–H and O–H groups in total. The number of hydrogen-bond donors (Lipinski definition) is 4. The Hall–Kier alpha value is -0.160. The van der Waals surface area contributed by atoms with Crippen LogP contribution >= 0.6 is 0 Å². The molecule has 0 radical (unpaired) electrons. The van der Waals surface area contributed by atoms with Crippen LogP contribution in [0.15, 0.2) is 0 Å². The van der Waals surface area contributed by atoms with Crippen molar-refractivity contribution in [1.82, 2.24) is 0 Å². The van der Waals surface area contributed by atoms with E-state index in [1.54, 1.807) is 13.8 Å². The average Bonchev–Trinajstić information content (AvgIpc) is 2.12. The highest BCUT2D eigenvalue weighted by Crippen LogP contribution is 2.13. The zero-order valence-electron chi connectivity index (χ0n) is 7.51. The highest BCUT2D eigenvalue weighted by atomic mass is 16.3. The van der Waals surface area contributed by atoms with Gasteiger partial charge in [-0.15, -0.1) is 0 Å². The maximum absolute atomic E-state index is 9.37. The molecule has 0 fully saturated rings. The van der Waals surface area contributed by atoms with Gasteiger partial charge < -0.3 is 20.4 Å². The van der Waals surface area contributed by atoms with Crippen LogP contribution < -0.4 is 0 Å². The summed E-state index contributed by atoms with van der Waals surface area (Å²) >= 11 is 0. The van der Waals surface area contributed by atoms with Crippen LogP contribution in [-0.4, -0.2) is 45.8 Å². The van der Waals surface area contributed by atoms with Gasteiger partial charge in [-0.05, 0) is 0 Å². The van der Waals surface area contributed by atoms with Gasteiger partial charge in [-0.2, -0.15) is 0 Å². The zero-order chi connectivity index (χ0) is 9.72. The van der Waals surface area contributed by atoms with Crippen molar-refractivity contribution in [3.8, 4) is 0 Å². The van der Waals surface area contributed by atoms with Gasteiger partial charge in [0.1, 0.15) is 0 Å². The third kappa shape index (κ3) is 3.06. The lowest BCUT2D eigenvalue weighted by atomic mass is 9.93. The molecule has 0 heterocycles. The Morgan fingerprint density at radius 1 is 0.833 bits per heavy atom. The Labute approximate surface area is 72.5 Å². The molecule has 4 heteroatoms. The zero-order valence-corrected chi connectivity index (χ0v) is 7.51. The topological polar surface area (TPSA) is 80.9 Å². The van der Waals surface area contributed by atoms with Crippen LogP contribution in [0.2, 0.25) is 0 Å². The minimum atomic E-state index is -0.975. The van der Waals surface area contributed by atoms with Crippen molar-refractivity contribution in [2.24, 2.45) is 11.8 Å². The molecule has 4 atom stereocenters. The summed E-state index contributed by atoms with van der Waals surface area (Å²) in [6, 6.07) is 0. The lowest BCUT2D eigenvalue weighted by molar-refractivity contribution is -0.0603. The van der Waals surface area contributed by atoms with Crippen molar-refractivity contribution in [3.05, 3.63) is 0 Å². The van der Waals surface area contributed by atoms with Crippen LogP contribution in [0.5, 0.6) is 0 Å². The van der Waals surface area contributed by atoms with Crippen LogP contribution in [0.25, 0.3) is 0 Å². The molecule has 0 amide bonds. The molecule has 0 unspecified atom stereocenters. The van der Waals surface area contributed by atoms with Gasteiger partial charge >= 0.3 is 0 Å². The first-order chi connectivity index (χ1) is 5.54. The van der Waals surface area contributed by atoms with Gasteiger partial charge in [0.2, 0.25) is 0 Å². The van der Waals surface area contributed by atoms with Crippen LogP contribution in [0.3, 0.4) is 0 Å². The quantitative estimate of drug-likeness (QED) is 0.434. The monoisotopic (exact) mass is 178 g/mol. The fraction of sp³-hybridized carbons (Fsp3) is 1.00. The van der Waals surface area contributed by atoms with E-state index < -0.39 is 12.2 Å². The fourth-order valence-corrected chi connectivity index (χ4v) is 0.889. The summed E-state index contributed by atoms with van der Waals surface area (Å²) in [4.78, 5) is 0. The number of rotatable bonds is 5. The summed E-state index contributed by atoms with van der Waals surface area (Å²) in [5.74, 6) is -0.733. The fourth-order valence-electron chi connectivity index (χ4n) is 0.889. The molecular weight excluding hydrogens is 160 g/mol. The van der Waals surface area contributed by atoms with E-state index in [1.807, 2.05) is 0 Å². The van der Waals surface area contributed by atoms with E-state index in [-0.39, 0.29) is 25.0 Å². The van der Waals surface area contributed by atoms with Crippen molar-refractivity contribution in [2.45, 2.75) is 26.1 Å². The number of aliphatic hydroxyl groups is 4. The first-order valence-electron chi connectivity index (χ1n) is 4.12. The van der Waals surface area contributed by atoms with Crippen LogP contribution in [-0.2, 0) is 0 Å². The van der Waals surface area contributed by atoms with Crippen LogP contribution in [0.4, 0.5) is 0 Å². The summed E-state index contributed by atoms with van der Waals surface area (Å²) in [6.45, 7) is 2.93. The number of hydrogen-bond acceptors (Lipinski definition) is 4. The average molecular weight is 178 g/mol. The Morgan fingerprint density at radius 2 is 1.08 bits per heavy atom. The summed E-state index contributed by atoms with van der Waals surface area (Å²) in [5, 5.41) is 36.1. The smallest absolute Gasteiger partial charge is 0.0849 e. The lowest BCUT2D eigenvalue weighted by Crippen LogP contribution is -2.39. The van der Waals surface area contributed by atoms with E-state index in [9.17, 15) is 10.2 Å².